The first-order valence-electron chi connectivity index (χ1n) is 16.9. The van der Waals surface area contributed by atoms with Crippen molar-refractivity contribution in [2.45, 2.75) is 89.6 Å². The van der Waals surface area contributed by atoms with Crippen molar-refractivity contribution in [3.63, 3.8) is 0 Å². The average molecular weight is 692 g/mol. The number of methoxy groups -OCH3 is 2. The maximum Gasteiger partial charge on any atom is 0.409 e. The molecule has 0 aliphatic carbocycles. The van der Waals surface area contributed by atoms with Crippen LogP contribution >= 0.6 is 0 Å². The Bertz CT molecular complexity index is 1670. The summed E-state index contributed by atoms with van der Waals surface area (Å²) in [5.74, 6) is -1.13. The molecule has 0 spiro atoms. The number of alkyl carbamates (subject to hydrolysis) is 1. The summed E-state index contributed by atoms with van der Waals surface area (Å²) in [7, 11) is 4.73. The minimum absolute atomic E-state index is 0.000944. The normalized spacial score (nSPS) is 31.8. The average Bonchev–Trinajstić information content (AvgIpc) is 3.76. The lowest BCUT2D eigenvalue weighted by Crippen LogP contribution is -2.63. The van der Waals surface area contributed by atoms with Gasteiger partial charge in [0.15, 0.2) is 5.72 Å². The predicted molar refractivity (Wildman–Crippen MR) is 188 cm³/mol. The summed E-state index contributed by atoms with van der Waals surface area (Å²) < 4.78 is 29.5. The lowest BCUT2D eigenvalue weighted by molar-refractivity contribution is -0.157. The third-order valence-corrected chi connectivity index (χ3v) is 9.94. The van der Waals surface area contributed by atoms with Gasteiger partial charge in [-0.1, -0.05) is 56.7 Å². The number of nitrogens with two attached hydrogens (primary N) is 1. The van der Waals surface area contributed by atoms with Crippen LogP contribution in [0.4, 0.5) is 16.2 Å². The van der Waals surface area contributed by atoms with Gasteiger partial charge in [-0.2, -0.15) is 0 Å². The van der Waals surface area contributed by atoms with Gasteiger partial charge in [-0.05, 0) is 55.7 Å². The van der Waals surface area contributed by atoms with Crippen molar-refractivity contribution in [1.29, 1.82) is 0 Å². The molecule has 2 fully saturated rings. The Morgan fingerprint density at radius 2 is 1.86 bits per heavy atom. The molecule has 5 rings (SSSR count). The molecule has 12 heteroatoms. The van der Waals surface area contributed by atoms with Gasteiger partial charge < -0.3 is 39.4 Å². The van der Waals surface area contributed by atoms with Gasteiger partial charge in [0.2, 0.25) is 5.91 Å². The number of aliphatic hydroxyl groups is 1. The molecule has 0 aromatic heterocycles. The number of amides is 2. The lowest BCUT2D eigenvalue weighted by Gasteiger charge is -2.42. The van der Waals surface area contributed by atoms with Crippen molar-refractivity contribution >= 4 is 29.3 Å². The third-order valence-electron chi connectivity index (χ3n) is 9.94. The van der Waals surface area contributed by atoms with Crippen LogP contribution in [-0.2, 0) is 35.0 Å². The number of fused-ring (bicyclic) bond motifs is 5. The molecule has 3 aliphatic heterocycles. The van der Waals surface area contributed by atoms with E-state index in [1.165, 1.54) is 7.11 Å². The third kappa shape index (κ3) is 7.52. The molecule has 0 radical (unpaired) electrons. The van der Waals surface area contributed by atoms with E-state index in [-0.39, 0.29) is 18.7 Å². The molecule has 3 aliphatic rings. The maximum atomic E-state index is 14.3. The quantitative estimate of drug-likeness (QED) is 0.223. The fourth-order valence-electron chi connectivity index (χ4n) is 6.87. The Morgan fingerprint density at radius 1 is 1.16 bits per heavy atom. The van der Waals surface area contributed by atoms with Gasteiger partial charge in [-0.3, -0.25) is 14.9 Å². The highest BCUT2D eigenvalue weighted by atomic mass is 16.7. The van der Waals surface area contributed by atoms with Crippen LogP contribution in [-0.4, -0.2) is 80.1 Å². The second-order valence-corrected chi connectivity index (χ2v) is 14.1. The molecule has 4 N–H and O–H groups in total. The Kier molecular flexibility index (Phi) is 10.7. The van der Waals surface area contributed by atoms with Gasteiger partial charge in [0.1, 0.15) is 29.7 Å². The highest BCUT2D eigenvalue weighted by Crippen LogP contribution is 2.49. The van der Waals surface area contributed by atoms with Crippen molar-refractivity contribution in [3.05, 3.63) is 65.8 Å². The molecule has 12 nitrogen and oxygen atoms in total. The van der Waals surface area contributed by atoms with Crippen LogP contribution in [0, 0.1) is 11.8 Å². The molecule has 0 saturated carbocycles. The molecule has 7 atom stereocenters. The topological polar surface area (TPSA) is 162 Å². The molecule has 2 saturated heterocycles. The molecule has 2 amide bonds. The number of nitrogens with zero attached hydrogens (tertiary/aromatic N) is 1. The van der Waals surface area contributed by atoms with E-state index in [1.807, 2.05) is 44.2 Å². The largest absolute Gasteiger partial charge is 0.496 e. The fourth-order valence-corrected chi connectivity index (χ4v) is 6.87. The van der Waals surface area contributed by atoms with Gasteiger partial charge in [0, 0.05) is 37.7 Å². The van der Waals surface area contributed by atoms with Gasteiger partial charge in [0.05, 0.1) is 31.2 Å². The van der Waals surface area contributed by atoms with E-state index in [0.717, 1.165) is 16.7 Å². The maximum absolute atomic E-state index is 14.3. The molecule has 4 bridgehead atoms. The van der Waals surface area contributed by atoms with Crippen LogP contribution in [0.2, 0.25) is 0 Å². The highest BCUT2D eigenvalue weighted by Gasteiger charge is 2.64. The van der Waals surface area contributed by atoms with Crippen molar-refractivity contribution in [3.8, 4) is 16.9 Å². The van der Waals surface area contributed by atoms with Crippen molar-refractivity contribution in [2.75, 3.05) is 31.9 Å². The monoisotopic (exact) mass is 691 g/mol. The zero-order chi connectivity index (χ0) is 36.5. The number of esters is 1. The number of rotatable bonds is 5. The van der Waals surface area contributed by atoms with E-state index in [2.05, 4.69) is 5.32 Å². The standard InChI is InChI=1S/C38H49N3O9/c1-21(2)35(43)49-31-19-32(42)41(6)27-17-24(18-28(46-7)33(27)25-12-14-26(39)15-13-25)16-22(3)10-9-11-30(47-8)38(45)20-29(48-36(44)40-38)23(4)34-37(31,5)50-34/h9-15,17-18,21,23,29-31,34,45H,16,19-20,39H2,1-8H3,(H,40,44)/b11-9+,22-10+/t23-,29+,30-,31+,34+,37-,38+/m1/s1. The summed E-state index contributed by atoms with van der Waals surface area (Å²) in [5.41, 5.74) is 7.70. The number of allylic oxidation sites excluding steroid dienone is 3. The van der Waals surface area contributed by atoms with E-state index in [0.29, 0.717) is 29.1 Å². The molecule has 50 heavy (non-hydrogen) atoms. The van der Waals surface area contributed by atoms with Crippen LogP contribution in [0.1, 0.15) is 53.0 Å². The highest BCUT2D eigenvalue weighted by molar-refractivity contribution is 5.99. The summed E-state index contributed by atoms with van der Waals surface area (Å²) >= 11 is 0. The van der Waals surface area contributed by atoms with E-state index >= 15 is 0 Å². The number of hydrogen-bond acceptors (Lipinski definition) is 10. The number of ether oxygens (including phenoxy) is 5. The van der Waals surface area contributed by atoms with E-state index in [1.54, 1.807) is 64.1 Å². The Hall–Kier alpha value is -4.39. The minimum atomic E-state index is -1.78. The van der Waals surface area contributed by atoms with E-state index in [4.69, 9.17) is 29.4 Å². The first kappa shape index (κ1) is 36.9. The van der Waals surface area contributed by atoms with Gasteiger partial charge >= 0.3 is 12.1 Å². The Morgan fingerprint density at radius 3 is 2.50 bits per heavy atom. The second kappa shape index (κ2) is 14.5. The number of nitrogen functional groups attached to an aromatic ring is 1. The second-order valence-electron chi connectivity index (χ2n) is 14.1. The molecule has 270 valence electrons. The van der Waals surface area contributed by atoms with Crippen molar-refractivity contribution < 1.29 is 43.2 Å². The molecule has 2 aromatic rings. The van der Waals surface area contributed by atoms with Gasteiger partial charge in [0.25, 0.3) is 0 Å². The van der Waals surface area contributed by atoms with E-state index in [9.17, 15) is 19.5 Å². The van der Waals surface area contributed by atoms with Crippen molar-refractivity contribution in [1.82, 2.24) is 5.32 Å². The summed E-state index contributed by atoms with van der Waals surface area (Å²) in [6.07, 6.45) is 1.67. The number of benzene rings is 2. The number of nitrogens with one attached hydrogen (secondary N) is 1. The zero-order valence-corrected chi connectivity index (χ0v) is 30.0. The number of carbonyl (C=O) groups is 3. The number of hydrogen-bond donors (Lipinski definition) is 3. The molecule has 3 heterocycles. The van der Waals surface area contributed by atoms with Crippen LogP contribution in [0.15, 0.2) is 60.2 Å². The van der Waals surface area contributed by atoms with Gasteiger partial charge in [-0.15, -0.1) is 0 Å². The van der Waals surface area contributed by atoms with E-state index < -0.39 is 59.6 Å². The van der Waals surface area contributed by atoms with Gasteiger partial charge in [-0.25, -0.2) is 4.79 Å². The molecule has 0 unspecified atom stereocenters. The Balaban J connectivity index is 1.64. The van der Waals surface area contributed by atoms with Crippen LogP contribution in [0.5, 0.6) is 5.75 Å². The number of anilines is 2. The van der Waals surface area contributed by atoms with Crippen LogP contribution in [0.3, 0.4) is 0 Å². The summed E-state index contributed by atoms with van der Waals surface area (Å²) in [4.78, 5) is 41.7. The SMILES string of the molecule is COc1cc2cc(c1-c1ccc(N)cc1)N(C)C(=O)C[C@H](OC(=O)C(C)C)[C@@]1(C)O[C@H]1[C@H](C)[C@@H]1C[C@@](O)(NC(=O)O1)[C@H](OC)/C=C/C=C(\C)C2. The smallest absolute Gasteiger partial charge is 0.409 e. The number of carbonyl (C=O) groups excluding carboxylic acids is 3. The first-order chi connectivity index (χ1) is 23.6. The summed E-state index contributed by atoms with van der Waals surface area (Å²) in [6.45, 7) is 9.04. The van der Waals surface area contributed by atoms with Crippen LogP contribution in [0.25, 0.3) is 11.1 Å². The number of epoxide rings is 1. The zero-order valence-electron chi connectivity index (χ0n) is 30.0. The molecule has 2 aromatic carbocycles. The molecular weight excluding hydrogens is 642 g/mol. The van der Waals surface area contributed by atoms with Crippen LogP contribution < -0.4 is 20.7 Å². The summed E-state index contributed by atoms with van der Waals surface area (Å²) in [6, 6.07) is 11.2. The lowest BCUT2D eigenvalue weighted by atomic mass is 9.83. The first-order valence-corrected chi connectivity index (χ1v) is 16.9. The van der Waals surface area contributed by atoms with Crippen molar-refractivity contribution in [2.24, 2.45) is 11.8 Å². The fraction of sp³-hybridized carbons (Fsp3) is 0.500. The Labute approximate surface area is 293 Å². The minimum Gasteiger partial charge on any atom is -0.496 e. The predicted octanol–water partition coefficient (Wildman–Crippen LogP) is 4.92. The molecular formula is C38H49N3O9. The summed E-state index contributed by atoms with van der Waals surface area (Å²) in [5, 5.41) is 14.2.